The molecule has 3 rings (SSSR count). The molecule has 204 valence electrons. The molecule has 7 nitrogen and oxygen atoms in total. The van der Waals surface area contributed by atoms with Gasteiger partial charge in [-0.3, -0.25) is 4.79 Å². The highest BCUT2D eigenvalue weighted by Gasteiger charge is 2.67. The molecule has 1 unspecified atom stereocenters. The third-order valence-electron chi connectivity index (χ3n) is 7.91. The summed E-state index contributed by atoms with van der Waals surface area (Å²) in [5, 5.41) is 12.2. The summed E-state index contributed by atoms with van der Waals surface area (Å²) in [7, 11) is -2.24. The summed E-state index contributed by atoms with van der Waals surface area (Å²) in [5.74, 6) is -1.17. The Bertz CT molecular complexity index is 910. The minimum absolute atomic E-state index is 0.0419. The first-order valence-corrected chi connectivity index (χ1v) is 15.9. The molecular formula is C28H46O7Si. The molecule has 0 aliphatic carbocycles. The van der Waals surface area contributed by atoms with E-state index in [4.69, 9.17) is 23.4 Å². The van der Waals surface area contributed by atoms with Crippen LogP contribution in [-0.4, -0.2) is 61.3 Å². The van der Waals surface area contributed by atoms with Gasteiger partial charge in [-0.25, -0.2) is 0 Å². The Balaban J connectivity index is 1.98. The van der Waals surface area contributed by atoms with Crippen LogP contribution in [0.1, 0.15) is 67.4 Å². The van der Waals surface area contributed by atoms with Gasteiger partial charge in [-0.15, -0.1) is 0 Å². The number of hydrogen-bond acceptors (Lipinski definition) is 7. The number of carbonyl (C=O) groups excluding carboxylic acids is 1. The normalized spacial score (nSPS) is 29.8. The van der Waals surface area contributed by atoms with Crippen LogP contribution in [0.2, 0.25) is 18.1 Å². The van der Waals surface area contributed by atoms with Crippen LogP contribution < -0.4 is 0 Å². The summed E-state index contributed by atoms with van der Waals surface area (Å²) < 4.78 is 31.7. The lowest BCUT2D eigenvalue weighted by Gasteiger charge is -2.45. The van der Waals surface area contributed by atoms with Crippen molar-refractivity contribution < 1.29 is 33.3 Å². The van der Waals surface area contributed by atoms with Gasteiger partial charge in [0.15, 0.2) is 20.4 Å². The van der Waals surface area contributed by atoms with Gasteiger partial charge >= 0.3 is 0 Å². The maximum absolute atomic E-state index is 13.0. The third kappa shape index (κ3) is 6.12. The zero-order valence-corrected chi connectivity index (χ0v) is 24.7. The van der Waals surface area contributed by atoms with Crippen LogP contribution in [0.25, 0.3) is 0 Å². The molecule has 2 aliphatic rings. The summed E-state index contributed by atoms with van der Waals surface area (Å²) in [6.45, 7) is 20.1. The predicted octanol–water partition coefficient (Wildman–Crippen LogP) is 5.21. The highest BCUT2D eigenvalue weighted by atomic mass is 28.4. The van der Waals surface area contributed by atoms with Gasteiger partial charge in [0.05, 0.1) is 13.2 Å². The average Bonchev–Trinajstić information content (AvgIpc) is 3.22. The predicted molar refractivity (Wildman–Crippen MR) is 141 cm³/mol. The smallest absolute Gasteiger partial charge is 0.192 e. The minimum Gasteiger partial charge on any atom is -0.414 e. The van der Waals surface area contributed by atoms with Crippen molar-refractivity contribution in [3.8, 4) is 0 Å². The number of hydrogen-bond donors (Lipinski definition) is 1. The van der Waals surface area contributed by atoms with Crippen LogP contribution in [0, 0.1) is 5.92 Å². The molecule has 2 fully saturated rings. The van der Waals surface area contributed by atoms with Gasteiger partial charge < -0.3 is 28.5 Å². The fourth-order valence-electron chi connectivity index (χ4n) is 4.51. The zero-order chi connectivity index (χ0) is 27.2. The number of carbonyl (C=O) groups is 1. The van der Waals surface area contributed by atoms with E-state index in [9.17, 15) is 9.90 Å². The van der Waals surface area contributed by atoms with Crippen molar-refractivity contribution in [2.45, 2.75) is 122 Å². The first-order chi connectivity index (χ1) is 16.4. The van der Waals surface area contributed by atoms with Crippen molar-refractivity contribution in [1.29, 1.82) is 0 Å². The number of fused-ring (bicyclic) bond motifs is 1. The molecular weight excluding hydrogens is 476 g/mol. The maximum Gasteiger partial charge on any atom is 0.192 e. The second-order valence-corrected chi connectivity index (χ2v) is 17.7. The molecule has 0 saturated carbocycles. The second kappa shape index (κ2) is 10.2. The molecule has 8 heteroatoms. The van der Waals surface area contributed by atoms with Crippen LogP contribution in [-0.2, 0) is 34.8 Å². The van der Waals surface area contributed by atoms with Gasteiger partial charge in [-0.2, -0.15) is 0 Å². The van der Waals surface area contributed by atoms with Crippen LogP contribution in [0.4, 0.5) is 0 Å². The Kier molecular flexibility index (Phi) is 8.34. The number of rotatable bonds is 10. The maximum atomic E-state index is 13.0. The van der Waals surface area contributed by atoms with Crippen LogP contribution in [0.5, 0.6) is 0 Å². The van der Waals surface area contributed by atoms with Gasteiger partial charge in [0.25, 0.3) is 0 Å². The molecule has 2 saturated heterocycles. The van der Waals surface area contributed by atoms with E-state index in [0.717, 1.165) is 5.56 Å². The van der Waals surface area contributed by atoms with Gasteiger partial charge in [0.2, 0.25) is 0 Å². The van der Waals surface area contributed by atoms with E-state index in [1.807, 2.05) is 65.0 Å². The summed E-state index contributed by atoms with van der Waals surface area (Å²) in [5.41, 5.74) is -1.75. The number of benzene rings is 1. The lowest BCUT2D eigenvalue weighted by Crippen LogP contribution is -2.62. The molecule has 1 aromatic rings. The molecule has 2 aliphatic heterocycles. The van der Waals surface area contributed by atoms with Crippen molar-refractivity contribution >= 4 is 14.1 Å². The van der Waals surface area contributed by atoms with Crippen molar-refractivity contribution in [3.63, 3.8) is 0 Å². The molecule has 2 heterocycles. The Morgan fingerprint density at radius 1 is 1.11 bits per heavy atom. The van der Waals surface area contributed by atoms with E-state index >= 15 is 0 Å². The molecule has 36 heavy (non-hydrogen) atoms. The van der Waals surface area contributed by atoms with E-state index < -0.39 is 43.8 Å². The van der Waals surface area contributed by atoms with Gasteiger partial charge in [-0.1, -0.05) is 65.0 Å². The van der Waals surface area contributed by atoms with E-state index in [1.54, 1.807) is 0 Å². The largest absolute Gasteiger partial charge is 0.414 e. The van der Waals surface area contributed by atoms with E-state index in [1.165, 1.54) is 0 Å². The molecule has 0 spiro atoms. The molecule has 5 atom stereocenters. The van der Waals surface area contributed by atoms with Gasteiger partial charge in [-0.05, 0) is 44.5 Å². The van der Waals surface area contributed by atoms with Crippen molar-refractivity contribution in [1.82, 2.24) is 0 Å². The topological polar surface area (TPSA) is 83.5 Å². The highest BCUT2D eigenvalue weighted by molar-refractivity contribution is 6.74. The summed E-state index contributed by atoms with van der Waals surface area (Å²) >= 11 is 0. The quantitative estimate of drug-likeness (QED) is 0.423. The highest BCUT2D eigenvalue weighted by Crippen LogP contribution is 2.49. The molecule has 0 aromatic heterocycles. The first kappa shape index (κ1) is 29.4. The average molecular weight is 523 g/mol. The second-order valence-electron chi connectivity index (χ2n) is 12.8. The van der Waals surface area contributed by atoms with Crippen LogP contribution in [0.15, 0.2) is 30.3 Å². The van der Waals surface area contributed by atoms with Crippen molar-refractivity contribution in [2.24, 2.45) is 5.92 Å². The minimum atomic E-state index is -2.24. The Morgan fingerprint density at radius 2 is 1.72 bits per heavy atom. The van der Waals surface area contributed by atoms with E-state index in [2.05, 4.69) is 33.9 Å². The summed E-state index contributed by atoms with van der Waals surface area (Å²) in [6.07, 6.45) is -2.35. The third-order valence-corrected chi connectivity index (χ3v) is 12.4. The Morgan fingerprint density at radius 3 is 2.28 bits per heavy atom. The van der Waals surface area contributed by atoms with Crippen molar-refractivity contribution in [3.05, 3.63) is 35.9 Å². The monoisotopic (exact) mass is 522 g/mol. The van der Waals surface area contributed by atoms with E-state index in [-0.39, 0.29) is 29.8 Å². The standard InChI is InChI=1S/C28H46O7Si/c1-19(2)21(29)16-28(30,18-32-36(9,10)25(3,4)5)24-27(8,31-17-20-14-12-11-13-15-20)22-23(33-24)35-26(6,7)34-22/h11-15,19,22-24,30H,16-18H2,1-10H3/t22-,23+,24-,27-,28?/m0/s1. The lowest BCUT2D eigenvalue weighted by molar-refractivity contribution is -0.267. The zero-order valence-electron chi connectivity index (χ0n) is 23.7. The summed E-state index contributed by atoms with van der Waals surface area (Å²) in [6, 6.07) is 9.83. The van der Waals surface area contributed by atoms with Crippen molar-refractivity contribution in [2.75, 3.05) is 6.61 Å². The molecule has 0 radical (unpaired) electrons. The Labute approximate surface area is 217 Å². The lowest BCUT2D eigenvalue weighted by atomic mass is 9.79. The number of ketones is 1. The molecule has 1 aromatic carbocycles. The first-order valence-electron chi connectivity index (χ1n) is 13.0. The molecule has 0 amide bonds. The number of aliphatic hydroxyl groups is 1. The van der Waals surface area contributed by atoms with E-state index in [0.29, 0.717) is 6.61 Å². The number of Topliss-reactive ketones (excluding diaryl/α,β-unsaturated/α-hetero) is 1. The fourth-order valence-corrected chi connectivity index (χ4v) is 5.56. The van der Waals surface area contributed by atoms with Crippen LogP contribution >= 0.6 is 0 Å². The van der Waals surface area contributed by atoms with Gasteiger partial charge in [0.1, 0.15) is 29.2 Å². The Hall–Kier alpha value is -1.13. The number of ether oxygens (including phenoxy) is 4. The SMILES string of the molecule is CC(C)C(=O)CC(O)(CO[Si](C)(C)C(C)(C)C)[C@H]1O[C@@H]2OC(C)(C)O[C@@H]2[C@]1(C)OCc1ccccc1. The molecule has 1 N–H and O–H groups in total. The fraction of sp³-hybridized carbons (Fsp3) is 0.750. The molecule has 0 bridgehead atoms. The van der Waals surface area contributed by atoms with Crippen LogP contribution in [0.3, 0.4) is 0 Å². The summed E-state index contributed by atoms with van der Waals surface area (Å²) in [4.78, 5) is 13.0. The van der Waals surface area contributed by atoms with Gasteiger partial charge in [0, 0.05) is 12.3 Å².